The van der Waals surface area contributed by atoms with Gasteiger partial charge in [0.15, 0.2) is 0 Å². The predicted molar refractivity (Wildman–Crippen MR) is 59.3 cm³/mol. The van der Waals surface area contributed by atoms with E-state index in [-0.39, 0.29) is 12.0 Å². The van der Waals surface area contributed by atoms with E-state index < -0.39 is 0 Å². The molecule has 0 aromatic rings. The van der Waals surface area contributed by atoms with Crippen LogP contribution in [0.15, 0.2) is 11.1 Å². The minimum atomic E-state index is -0.126. The molecule has 1 fully saturated rings. The van der Waals surface area contributed by atoms with Crippen molar-refractivity contribution in [2.24, 2.45) is 0 Å². The third-order valence-corrected chi connectivity index (χ3v) is 2.71. The Morgan fingerprint density at radius 1 is 1.64 bits per heavy atom. The smallest absolute Gasteiger partial charge is 0.323 e. The van der Waals surface area contributed by atoms with E-state index in [4.69, 9.17) is 4.74 Å². The van der Waals surface area contributed by atoms with Crippen molar-refractivity contribution in [3.05, 3.63) is 11.1 Å². The van der Waals surface area contributed by atoms with Crippen molar-refractivity contribution < 1.29 is 9.53 Å². The van der Waals surface area contributed by atoms with Gasteiger partial charge < -0.3 is 4.74 Å². The highest BCUT2D eigenvalue weighted by Gasteiger charge is 2.29. The maximum atomic E-state index is 11.4. The number of carbonyl (C=O) groups excluding carboxylic acids is 1. The Morgan fingerprint density at radius 3 is 2.93 bits per heavy atom. The van der Waals surface area contributed by atoms with Gasteiger partial charge in [-0.25, -0.2) is 0 Å². The van der Waals surface area contributed by atoms with Crippen LogP contribution in [-0.2, 0) is 9.53 Å². The summed E-state index contributed by atoms with van der Waals surface area (Å²) in [5, 5.41) is 0. The van der Waals surface area contributed by atoms with Crippen molar-refractivity contribution in [3.8, 4) is 0 Å². The highest BCUT2D eigenvalue weighted by molar-refractivity contribution is 9.11. The summed E-state index contributed by atoms with van der Waals surface area (Å²) in [4.78, 5) is 13.6. The molecule has 0 spiro atoms. The number of hydrogen-bond donors (Lipinski definition) is 0. The molecule has 0 unspecified atom stereocenters. The number of ether oxygens (including phenoxy) is 1. The van der Waals surface area contributed by atoms with E-state index in [1.165, 1.54) is 7.11 Å². The fourth-order valence-electron chi connectivity index (χ4n) is 1.80. The van der Waals surface area contributed by atoms with Gasteiger partial charge in [-0.1, -0.05) is 28.9 Å². The first kappa shape index (κ1) is 11.7. The minimum Gasteiger partial charge on any atom is -0.468 e. The van der Waals surface area contributed by atoms with Crippen LogP contribution in [0.25, 0.3) is 0 Å². The van der Waals surface area contributed by atoms with Crippen LogP contribution in [0, 0.1) is 0 Å². The van der Waals surface area contributed by atoms with Crippen molar-refractivity contribution in [3.63, 3.8) is 0 Å². The second kappa shape index (κ2) is 5.51. The number of likely N-dealkylation sites (tertiary alicyclic amines) is 1. The zero-order chi connectivity index (χ0) is 10.6. The average Bonchev–Trinajstić information content (AvgIpc) is 2.16. The van der Waals surface area contributed by atoms with Crippen LogP contribution >= 0.6 is 15.9 Å². The van der Waals surface area contributed by atoms with Gasteiger partial charge in [0.2, 0.25) is 0 Å². The van der Waals surface area contributed by atoms with Gasteiger partial charge in [0.25, 0.3) is 0 Å². The average molecular weight is 262 g/mol. The van der Waals surface area contributed by atoms with Crippen LogP contribution in [0.4, 0.5) is 0 Å². The van der Waals surface area contributed by atoms with Crippen LogP contribution in [-0.4, -0.2) is 37.1 Å². The van der Waals surface area contributed by atoms with Crippen molar-refractivity contribution in [2.75, 3.05) is 20.2 Å². The lowest BCUT2D eigenvalue weighted by atomic mass is 10.0. The van der Waals surface area contributed by atoms with Crippen LogP contribution in [0.5, 0.6) is 0 Å². The minimum absolute atomic E-state index is 0.0805. The standard InChI is InChI=1S/C10H16BrNO2/c1-8(11)7-12-6-4-3-5-9(12)10(13)14-2/h9H,1,3-7H2,2H3/t9-/m1/s1. The monoisotopic (exact) mass is 261 g/mol. The van der Waals surface area contributed by atoms with Gasteiger partial charge in [-0.15, -0.1) is 0 Å². The molecule has 0 aliphatic carbocycles. The molecule has 0 aromatic heterocycles. The van der Waals surface area contributed by atoms with Crippen molar-refractivity contribution in [2.45, 2.75) is 25.3 Å². The Balaban J connectivity index is 2.58. The van der Waals surface area contributed by atoms with E-state index in [0.29, 0.717) is 0 Å². The number of piperidine rings is 1. The molecule has 4 heteroatoms. The number of methoxy groups -OCH3 is 1. The molecule has 1 heterocycles. The summed E-state index contributed by atoms with van der Waals surface area (Å²) in [5.41, 5.74) is 0. The van der Waals surface area contributed by atoms with E-state index in [1.54, 1.807) is 0 Å². The van der Waals surface area contributed by atoms with E-state index in [2.05, 4.69) is 27.4 Å². The molecule has 1 aliphatic heterocycles. The lowest BCUT2D eigenvalue weighted by molar-refractivity contribution is -0.148. The molecule has 0 amide bonds. The van der Waals surface area contributed by atoms with Gasteiger partial charge in [-0.3, -0.25) is 9.69 Å². The maximum absolute atomic E-state index is 11.4. The highest BCUT2D eigenvalue weighted by Crippen LogP contribution is 2.20. The second-order valence-corrected chi connectivity index (χ2v) is 4.64. The molecule has 1 rings (SSSR count). The Kier molecular flexibility index (Phi) is 4.62. The number of esters is 1. The summed E-state index contributed by atoms with van der Waals surface area (Å²) in [6, 6.07) is -0.0805. The van der Waals surface area contributed by atoms with Crippen LogP contribution in [0.3, 0.4) is 0 Å². The van der Waals surface area contributed by atoms with E-state index in [0.717, 1.165) is 36.8 Å². The van der Waals surface area contributed by atoms with Gasteiger partial charge in [0.05, 0.1) is 7.11 Å². The van der Waals surface area contributed by atoms with Crippen LogP contribution < -0.4 is 0 Å². The highest BCUT2D eigenvalue weighted by atomic mass is 79.9. The summed E-state index contributed by atoms with van der Waals surface area (Å²) >= 11 is 3.32. The first-order valence-electron chi connectivity index (χ1n) is 4.80. The van der Waals surface area contributed by atoms with E-state index in [1.807, 2.05) is 0 Å². The summed E-state index contributed by atoms with van der Waals surface area (Å²) in [6.07, 6.45) is 3.14. The molecule has 0 N–H and O–H groups in total. The Morgan fingerprint density at radius 2 is 2.36 bits per heavy atom. The number of halogens is 1. The number of hydrogen-bond acceptors (Lipinski definition) is 3. The van der Waals surface area contributed by atoms with Gasteiger partial charge in [0.1, 0.15) is 6.04 Å². The Hall–Kier alpha value is -0.350. The summed E-state index contributed by atoms with van der Waals surface area (Å²) in [6.45, 7) is 5.46. The number of nitrogens with zero attached hydrogens (tertiary/aromatic N) is 1. The Labute approximate surface area is 93.2 Å². The quantitative estimate of drug-likeness (QED) is 0.728. The fourth-order valence-corrected chi connectivity index (χ4v) is 2.13. The molecule has 0 aromatic carbocycles. The predicted octanol–water partition coefficient (Wildman–Crippen LogP) is 1.92. The van der Waals surface area contributed by atoms with E-state index >= 15 is 0 Å². The largest absolute Gasteiger partial charge is 0.468 e. The lowest BCUT2D eigenvalue weighted by Gasteiger charge is -2.33. The summed E-state index contributed by atoms with van der Waals surface area (Å²) in [5.74, 6) is -0.126. The zero-order valence-corrected chi connectivity index (χ0v) is 10.0. The van der Waals surface area contributed by atoms with Gasteiger partial charge in [-0.05, 0) is 19.4 Å². The fraction of sp³-hybridized carbons (Fsp3) is 0.700. The first-order chi connectivity index (χ1) is 6.65. The lowest BCUT2D eigenvalue weighted by Crippen LogP contribution is -2.45. The second-order valence-electron chi connectivity index (χ2n) is 3.52. The van der Waals surface area contributed by atoms with Crippen molar-refractivity contribution >= 4 is 21.9 Å². The number of carbonyl (C=O) groups is 1. The van der Waals surface area contributed by atoms with Gasteiger partial charge in [0, 0.05) is 11.0 Å². The molecule has 3 nitrogen and oxygen atoms in total. The van der Waals surface area contributed by atoms with E-state index in [9.17, 15) is 4.79 Å². The van der Waals surface area contributed by atoms with Crippen molar-refractivity contribution in [1.82, 2.24) is 4.90 Å². The third kappa shape index (κ3) is 3.10. The molecule has 1 aliphatic rings. The Bertz CT molecular complexity index is 230. The topological polar surface area (TPSA) is 29.5 Å². The summed E-state index contributed by atoms with van der Waals surface area (Å²) < 4.78 is 5.69. The molecular weight excluding hydrogens is 246 g/mol. The molecule has 0 radical (unpaired) electrons. The number of rotatable bonds is 3. The third-order valence-electron chi connectivity index (χ3n) is 2.46. The normalized spacial score (nSPS) is 23.1. The van der Waals surface area contributed by atoms with Crippen LogP contribution in [0.2, 0.25) is 0 Å². The first-order valence-corrected chi connectivity index (χ1v) is 5.59. The molecule has 0 saturated carbocycles. The molecule has 1 saturated heterocycles. The van der Waals surface area contributed by atoms with Crippen LogP contribution in [0.1, 0.15) is 19.3 Å². The molecule has 14 heavy (non-hydrogen) atoms. The SMILES string of the molecule is C=C(Br)CN1CCCC[C@@H]1C(=O)OC. The summed E-state index contributed by atoms with van der Waals surface area (Å²) in [7, 11) is 1.44. The van der Waals surface area contributed by atoms with Gasteiger partial charge in [-0.2, -0.15) is 0 Å². The maximum Gasteiger partial charge on any atom is 0.323 e. The molecular formula is C10H16BrNO2. The molecule has 80 valence electrons. The van der Waals surface area contributed by atoms with Gasteiger partial charge >= 0.3 is 5.97 Å². The molecule has 0 bridgehead atoms. The molecule has 1 atom stereocenters. The van der Waals surface area contributed by atoms with Crippen molar-refractivity contribution in [1.29, 1.82) is 0 Å². The zero-order valence-electron chi connectivity index (χ0n) is 8.46.